The fourth-order valence-electron chi connectivity index (χ4n) is 2.17. The monoisotopic (exact) mass is 429 g/mol. The van der Waals surface area contributed by atoms with Gasteiger partial charge in [-0.05, 0) is 45.0 Å². The van der Waals surface area contributed by atoms with E-state index in [-0.39, 0.29) is 0 Å². The lowest BCUT2D eigenvalue weighted by atomic mass is 10.2. The van der Waals surface area contributed by atoms with Crippen molar-refractivity contribution in [3.8, 4) is 0 Å². The van der Waals surface area contributed by atoms with Crippen molar-refractivity contribution in [3.05, 3.63) is 90.4 Å². The van der Waals surface area contributed by atoms with Crippen LogP contribution < -0.4 is 0 Å². The average Bonchev–Trinajstić information content (AvgIpc) is 3.13. The molecule has 0 N–H and O–H groups in total. The summed E-state index contributed by atoms with van der Waals surface area (Å²) < 4.78 is 28.5. The number of fused-ring (bicyclic) bond motifs is 1. The number of aromatic nitrogens is 3. The van der Waals surface area contributed by atoms with Gasteiger partial charge in [-0.1, -0.05) is 62.1 Å². The molecule has 6 heteroatoms. The second-order valence-electron chi connectivity index (χ2n) is 6.26. The fraction of sp³-hybridized carbons (Fsp3) is 0.250. The highest BCUT2D eigenvalue weighted by atomic mass is 32.2. The lowest BCUT2D eigenvalue weighted by Crippen LogP contribution is -1.95. The van der Waals surface area contributed by atoms with Crippen molar-refractivity contribution in [3.63, 3.8) is 0 Å². The summed E-state index contributed by atoms with van der Waals surface area (Å²) in [5.74, 6) is -0.375. The second kappa shape index (κ2) is 12.8. The van der Waals surface area contributed by atoms with Gasteiger partial charge in [-0.3, -0.25) is 4.40 Å². The first kappa shape index (κ1) is 25.3. The third kappa shape index (κ3) is 7.59. The van der Waals surface area contributed by atoms with Gasteiger partial charge in [0.2, 0.25) is 0 Å². The van der Waals surface area contributed by atoms with Gasteiger partial charge in [0.05, 0.1) is 0 Å². The zero-order valence-corrected chi connectivity index (χ0v) is 19.1. The lowest BCUT2D eigenvalue weighted by molar-refractivity contribution is 0.565. The quantitative estimate of drug-likeness (QED) is 0.312. The van der Waals surface area contributed by atoms with E-state index in [2.05, 4.69) is 23.4 Å². The molecular weight excluding hydrogens is 400 g/mol. The summed E-state index contributed by atoms with van der Waals surface area (Å²) in [5, 5.41) is 8.22. The molecule has 0 saturated heterocycles. The zero-order chi connectivity index (χ0) is 22.7. The molecule has 0 radical (unpaired) electrons. The van der Waals surface area contributed by atoms with E-state index in [1.165, 1.54) is 29.5 Å². The maximum atomic E-state index is 13.7. The number of halogens is 2. The van der Waals surface area contributed by atoms with E-state index in [9.17, 15) is 8.78 Å². The third-order valence-corrected chi connectivity index (χ3v) is 4.83. The molecule has 0 spiro atoms. The largest absolute Gasteiger partial charge is 0.285 e. The highest BCUT2D eigenvalue weighted by Gasteiger charge is 2.09. The zero-order valence-electron chi connectivity index (χ0n) is 18.2. The van der Waals surface area contributed by atoms with Crippen LogP contribution in [0.25, 0.3) is 5.65 Å². The van der Waals surface area contributed by atoms with E-state index in [0.29, 0.717) is 11.3 Å². The Bertz CT molecular complexity index is 1020. The van der Waals surface area contributed by atoms with Gasteiger partial charge in [0.15, 0.2) is 5.65 Å². The van der Waals surface area contributed by atoms with Gasteiger partial charge in [0.1, 0.15) is 17.5 Å². The average molecular weight is 430 g/mol. The van der Waals surface area contributed by atoms with Crippen LogP contribution in [0.4, 0.5) is 8.78 Å². The number of hydrogen-bond acceptors (Lipinski definition) is 3. The van der Waals surface area contributed by atoms with Crippen LogP contribution in [0.1, 0.15) is 40.4 Å². The molecule has 3 aromatic rings. The topological polar surface area (TPSA) is 30.2 Å². The van der Waals surface area contributed by atoms with Crippen molar-refractivity contribution in [2.24, 2.45) is 0 Å². The van der Waals surface area contributed by atoms with E-state index in [4.69, 9.17) is 0 Å². The Hall–Kier alpha value is -2.73. The number of rotatable bonds is 5. The molecule has 0 amide bonds. The van der Waals surface area contributed by atoms with Crippen molar-refractivity contribution in [2.45, 2.75) is 50.8 Å². The summed E-state index contributed by atoms with van der Waals surface area (Å²) in [6, 6.07) is 7.21. The minimum Gasteiger partial charge on any atom is -0.285 e. The molecule has 0 fully saturated rings. The number of nitrogens with zero attached hydrogens (tertiary/aromatic N) is 3. The first-order valence-corrected chi connectivity index (χ1v) is 10.5. The van der Waals surface area contributed by atoms with Crippen molar-refractivity contribution < 1.29 is 8.78 Å². The molecule has 0 atom stereocenters. The minimum absolute atomic E-state index is 0.371. The van der Waals surface area contributed by atoms with Crippen molar-refractivity contribution in [1.29, 1.82) is 0 Å². The Balaban J connectivity index is 0.000000487. The molecule has 0 aliphatic rings. The molecule has 3 nitrogen and oxygen atoms in total. The summed E-state index contributed by atoms with van der Waals surface area (Å²) in [4.78, 5) is 1.19. The fourth-order valence-corrected chi connectivity index (χ4v) is 3.01. The Morgan fingerprint density at radius 1 is 1.13 bits per heavy atom. The van der Waals surface area contributed by atoms with Crippen LogP contribution in [-0.4, -0.2) is 14.6 Å². The summed E-state index contributed by atoms with van der Waals surface area (Å²) >= 11 is 1.23. The number of benzene rings is 1. The molecule has 1 aromatic carbocycles. The second-order valence-corrected chi connectivity index (χ2v) is 7.37. The van der Waals surface area contributed by atoms with Gasteiger partial charge in [-0.2, -0.15) is 0 Å². The maximum Gasteiger partial charge on any atom is 0.160 e. The lowest BCUT2D eigenvalue weighted by Gasteiger charge is -2.05. The minimum atomic E-state index is -0.583. The van der Waals surface area contributed by atoms with Crippen LogP contribution >= 0.6 is 11.8 Å². The van der Waals surface area contributed by atoms with Crippen LogP contribution in [0.3, 0.4) is 0 Å². The summed E-state index contributed by atoms with van der Waals surface area (Å²) in [7, 11) is 0. The van der Waals surface area contributed by atoms with Gasteiger partial charge in [0, 0.05) is 28.5 Å². The number of allylic oxidation sites excluding steroid dienone is 4. The molecule has 0 unspecified atom stereocenters. The predicted molar refractivity (Wildman–Crippen MR) is 123 cm³/mol. The maximum absolute atomic E-state index is 13.7. The van der Waals surface area contributed by atoms with Crippen LogP contribution in [-0.2, 0) is 6.42 Å². The molecule has 3 rings (SSSR count). The molecule has 0 saturated carbocycles. The number of hydrogen-bond donors (Lipinski definition) is 0. The van der Waals surface area contributed by atoms with Crippen molar-refractivity contribution >= 4 is 17.4 Å². The Kier molecular flexibility index (Phi) is 10.8. The Labute approximate surface area is 182 Å². The normalized spacial score (nSPS) is 10.6. The molecule has 0 bridgehead atoms. The summed E-state index contributed by atoms with van der Waals surface area (Å²) in [6.07, 6.45) is 6.33. The number of pyridine rings is 1. The molecule has 2 heterocycles. The molecule has 0 aliphatic heterocycles. The third-order valence-electron chi connectivity index (χ3n) is 3.80. The molecular formula is C24H29F2N3S. The first-order chi connectivity index (χ1) is 14.3. The predicted octanol–water partition coefficient (Wildman–Crippen LogP) is 7.44. The van der Waals surface area contributed by atoms with E-state index >= 15 is 0 Å². The highest BCUT2D eigenvalue weighted by molar-refractivity contribution is 7.99. The first-order valence-electron chi connectivity index (χ1n) is 9.70. The van der Waals surface area contributed by atoms with E-state index < -0.39 is 11.6 Å². The van der Waals surface area contributed by atoms with Crippen LogP contribution in [0.2, 0.25) is 0 Å². The molecule has 30 heavy (non-hydrogen) atoms. The van der Waals surface area contributed by atoms with Crippen molar-refractivity contribution in [2.75, 3.05) is 0 Å². The van der Waals surface area contributed by atoms with Crippen molar-refractivity contribution in [1.82, 2.24) is 14.6 Å². The Morgan fingerprint density at radius 2 is 1.83 bits per heavy atom. The van der Waals surface area contributed by atoms with Gasteiger partial charge in [-0.25, -0.2) is 8.78 Å². The van der Waals surface area contributed by atoms with Crippen LogP contribution in [0.5, 0.6) is 0 Å². The summed E-state index contributed by atoms with van der Waals surface area (Å²) in [5.41, 5.74) is 2.94. The van der Waals surface area contributed by atoms with Gasteiger partial charge >= 0.3 is 0 Å². The summed E-state index contributed by atoms with van der Waals surface area (Å²) in [6.45, 7) is 17.4. The molecule has 0 aliphatic carbocycles. The standard InChI is InChI=1S/C16H13F2N3S.C6H10.C2H6/c1-10(2)7-16-20-19-15-6-4-12(9-21(15)16)22-14-5-3-11(17)8-13(14)18;1-4-6(3)5-2;1-2/h3-6,8-9H,1,7H2,2H3;4-5H,1H2,2-3H3;1-2H3/b;6-5+;. The van der Waals surface area contributed by atoms with E-state index in [1.807, 2.05) is 69.5 Å². The highest BCUT2D eigenvalue weighted by Crippen LogP contribution is 2.30. The van der Waals surface area contributed by atoms with Crippen LogP contribution in [0, 0.1) is 11.6 Å². The van der Waals surface area contributed by atoms with Crippen LogP contribution in [0.15, 0.2) is 82.8 Å². The molecule has 2 aromatic heterocycles. The molecule has 160 valence electrons. The SMILES string of the molecule is C=C(C)Cc1nnc2ccc(Sc3ccc(F)cc3F)cn12.C=C/C(C)=C/C.CC. The van der Waals surface area contributed by atoms with Gasteiger partial charge in [-0.15, -0.1) is 10.2 Å². The Morgan fingerprint density at radius 3 is 2.37 bits per heavy atom. The van der Waals surface area contributed by atoms with E-state index in [1.54, 1.807) is 0 Å². The van der Waals surface area contributed by atoms with Gasteiger partial charge in [0.25, 0.3) is 0 Å². The van der Waals surface area contributed by atoms with Gasteiger partial charge < -0.3 is 0 Å². The van der Waals surface area contributed by atoms with E-state index in [0.717, 1.165) is 28.0 Å². The smallest absolute Gasteiger partial charge is 0.160 e.